The average molecular weight is 441 g/mol. The van der Waals surface area contributed by atoms with Crippen molar-refractivity contribution in [2.45, 2.75) is 0 Å². The molecule has 29 heavy (non-hydrogen) atoms. The van der Waals surface area contributed by atoms with Crippen LogP contribution in [0.5, 0.6) is 0 Å². The third-order valence-corrected chi connectivity index (χ3v) is 4.94. The third-order valence-electron chi connectivity index (χ3n) is 4.19. The van der Waals surface area contributed by atoms with E-state index in [1.165, 1.54) is 6.07 Å². The van der Waals surface area contributed by atoms with Crippen LogP contribution in [0.3, 0.4) is 0 Å². The minimum atomic E-state index is -0.419. The van der Waals surface area contributed by atoms with Gasteiger partial charge in [-0.15, -0.1) is 0 Å². The van der Waals surface area contributed by atoms with Gasteiger partial charge in [0.25, 0.3) is 5.91 Å². The second-order valence-corrected chi connectivity index (χ2v) is 7.47. The van der Waals surface area contributed by atoms with Crippen molar-refractivity contribution in [2.24, 2.45) is 0 Å². The Hall–Kier alpha value is -2.93. The summed E-state index contributed by atoms with van der Waals surface area (Å²) in [5, 5.41) is 6.49. The lowest BCUT2D eigenvalue weighted by Crippen LogP contribution is -2.34. The number of anilines is 1. The van der Waals surface area contributed by atoms with Crippen molar-refractivity contribution in [3.63, 3.8) is 0 Å². The number of hydrogen-bond donors (Lipinski definition) is 3. The fraction of sp³-hybridized carbons (Fsp3) is 0. The summed E-state index contributed by atoms with van der Waals surface area (Å²) in [5.41, 5.74) is 3.75. The van der Waals surface area contributed by atoms with E-state index in [4.69, 9.17) is 35.4 Å². The van der Waals surface area contributed by atoms with Crippen molar-refractivity contribution in [1.82, 2.24) is 15.3 Å². The number of hydrogen-bond acceptors (Lipinski definition) is 3. The summed E-state index contributed by atoms with van der Waals surface area (Å²) in [5.74, 6) is 0.329. The van der Waals surface area contributed by atoms with Crippen LogP contribution in [-0.4, -0.2) is 21.0 Å². The Balaban J connectivity index is 1.48. The van der Waals surface area contributed by atoms with Gasteiger partial charge < -0.3 is 10.3 Å². The van der Waals surface area contributed by atoms with E-state index in [9.17, 15) is 4.79 Å². The van der Waals surface area contributed by atoms with Gasteiger partial charge in [0.15, 0.2) is 5.11 Å². The molecule has 1 aromatic heterocycles. The van der Waals surface area contributed by atoms with Crippen molar-refractivity contribution in [3.8, 4) is 11.4 Å². The molecule has 3 aromatic carbocycles. The molecule has 8 heteroatoms. The molecule has 0 saturated heterocycles. The number of thiocarbonyl (C=S) groups is 1. The number of aromatic amines is 1. The zero-order chi connectivity index (χ0) is 20.4. The van der Waals surface area contributed by atoms with Crippen LogP contribution in [0.4, 0.5) is 5.69 Å². The molecule has 0 radical (unpaired) electrons. The molecule has 0 aliphatic rings. The van der Waals surface area contributed by atoms with Crippen LogP contribution in [0, 0.1) is 0 Å². The smallest absolute Gasteiger partial charge is 0.258 e. The molecule has 1 amide bonds. The highest BCUT2D eigenvalue weighted by Crippen LogP contribution is 2.23. The molecule has 1 heterocycles. The number of H-pyrrole nitrogens is 1. The Morgan fingerprint density at radius 1 is 1.00 bits per heavy atom. The van der Waals surface area contributed by atoms with E-state index in [0.717, 1.165) is 28.1 Å². The zero-order valence-electron chi connectivity index (χ0n) is 14.9. The number of rotatable bonds is 3. The van der Waals surface area contributed by atoms with E-state index in [1.807, 2.05) is 48.5 Å². The van der Waals surface area contributed by atoms with Crippen molar-refractivity contribution in [1.29, 1.82) is 0 Å². The van der Waals surface area contributed by atoms with E-state index >= 15 is 0 Å². The number of carbonyl (C=O) groups excluding carboxylic acids is 1. The summed E-state index contributed by atoms with van der Waals surface area (Å²) in [7, 11) is 0. The molecular formula is C21H14Cl2N4OS. The van der Waals surface area contributed by atoms with E-state index in [0.29, 0.717) is 5.02 Å². The fourth-order valence-corrected chi connectivity index (χ4v) is 3.55. The molecule has 0 spiro atoms. The number of nitrogens with one attached hydrogen (secondary N) is 3. The second-order valence-electron chi connectivity index (χ2n) is 6.22. The Morgan fingerprint density at radius 2 is 1.83 bits per heavy atom. The van der Waals surface area contributed by atoms with Gasteiger partial charge in [-0.2, -0.15) is 0 Å². The summed E-state index contributed by atoms with van der Waals surface area (Å²) in [6, 6.07) is 20.0. The van der Waals surface area contributed by atoms with Gasteiger partial charge in [-0.25, -0.2) is 4.98 Å². The molecule has 0 aliphatic heterocycles. The van der Waals surface area contributed by atoms with Crippen LogP contribution in [0.15, 0.2) is 66.7 Å². The van der Waals surface area contributed by atoms with Gasteiger partial charge in [0.2, 0.25) is 0 Å². The topological polar surface area (TPSA) is 69.8 Å². The number of benzene rings is 3. The number of imidazole rings is 1. The summed E-state index contributed by atoms with van der Waals surface area (Å²) < 4.78 is 0. The van der Waals surface area contributed by atoms with Gasteiger partial charge in [0.05, 0.1) is 21.6 Å². The maximum atomic E-state index is 12.4. The first-order valence-corrected chi connectivity index (χ1v) is 9.78. The summed E-state index contributed by atoms with van der Waals surface area (Å²) in [4.78, 5) is 20.3. The van der Waals surface area contributed by atoms with Gasteiger partial charge in [0.1, 0.15) is 5.82 Å². The number of nitrogens with zero attached hydrogens (tertiary/aromatic N) is 1. The van der Waals surface area contributed by atoms with Gasteiger partial charge >= 0.3 is 0 Å². The average Bonchev–Trinajstić information content (AvgIpc) is 3.12. The molecule has 0 fully saturated rings. The lowest BCUT2D eigenvalue weighted by atomic mass is 10.2. The molecule has 0 atom stereocenters. The zero-order valence-corrected chi connectivity index (χ0v) is 17.2. The fourth-order valence-electron chi connectivity index (χ4n) is 2.84. The molecule has 4 aromatic rings. The second kappa shape index (κ2) is 8.21. The highest BCUT2D eigenvalue weighted by Gasteiger charge is 2.13. The number of amides is 1. The van der Waals surface area contributed by atoms with Crippen LogP contribution in [-0.2, 0) is 0 Å². The first-order chi connectivity index (χ1) is 14.0. The first kappa shape index (κ1) is 19.4. The Kier molecular flexibility index (Phi) is 5.49. The van der Waals surface area contributed by atoms with E-state index in [-0.39, 0.29) is 15.7 Å². The Bertz CT molecular complexity index is 1210. The normalized spacial score (nSPS) is 10.7. The summed E-state index contributed by atoms with van der Waals surface area (Å²) in [6.45, 7) is 0. The molecule has 4 rings (SSSR count). The van der Waals surface area contributed by atoms with Gasteiger partial charge in [-0.05, 0) is 54.7 Å². The predicted molar refractivity (Wildman–Crippen MR) is 122 cm³/mol. The highest BCUT2D eigenvalue weighted by molar-refractivity contribution is 7.80. The van der Waals surface area contributed by atoms with Crippen LogP contribution < -0.4 is 10.6 Å². The largest absolute Gasteiger partial charge is 0.338 e. The lowest BCUT2D eigenvalue weighted by Gasteiger charge is -2.11. The van der Waals surface area contributed by atoms with E-state index in [1.54, 1.807) is 12.1 Å². The number of halogens is 2. The summed E-state index contributed by atoms with van der Waals surface area (Å²) in [6.07, 6.45) is 0. The van der Waals surface area contributed by atoms with Crippen LogP contribution in [0.1, 0.15) is 10.4 Å². The van der Waals surface area contributed by atoms with E-state index < -0.39 is 5.91 Å². The van der Waals surface area contributed by atoms with Crippen molar-refractivity contribution in [3.05, 3.63) is 82.3 Å². The van der Waals surface area contributed by atoms with Crippen LogP contribution in [0.2, 0.25) is 10.0 Å². The van der Waals surface area contributed by atoms with Crippen molar-refractivity contribution < 1.29 is 4.79 Å². The summed E-state index contributed by atoms with van der Waals surface area (Å²) >= 11 is 17.2. The molecular weight excluding hydrogens is 427 g/mol. The number of carbonyl (C=O) groups is 1. The molecule has 0 saturated carbocycles. The van der Waals surface area contributed by atoms with Crippen LogP contribution >= 0.6 is 35.4 Å². The maximum absolute atomic E-state index is 12.4. The molecule has 5 nitrogen and oxygen atoms in total. The molecule has 0 bridgehead atoms. The third kappa shape index (κ3) is 4.40. The standard InChI is InChI=1S/C21H14Cl2N4OS/c22-13-8-9-15(16(23)11-13)20(28)27-21(29)24-14-5-3-4-12(10-14)19-25-17-6-1-2-7-18(17)26-19/h1-11H,(H,25,26)(H2,24,27,28,29). The Morgan fingerprint density at radius 3 is 2.62 bits per heavy atom. The molecule has 0 unspecified atom stereocenters. The number of para-hydroxylation sites is 2. The van der Waals surface area contributed by atoms with Crippen molar-refractivity contribution in [2.75, 3.05) is 5.32 Å². The molecule has 3 N–H and O–H groups in total. The Labute approximate surface area is 182 Å². The quantitative estimate of drug-likeness (QED) is 0.359. The SMILES string of the molecule is O=C(NC(=S)Nc1cccc(-c2nc3ccccc3[nH]2)c1)c1ccc(Cl)cc1Cl. The predicted octanol–water partition coefficient (Wildman–Crippen LogP) is 5.66. The minimum Gasteiger partial charge on any atom is -0.338 e. The number of aromatic nitrogens is 2. The molecule has 0 aliphatic carbocycles. The van der Waals surface area contributed by atoms with E-state index in [2.05, 4.69) is 20.6 Å². The van der Waals surface area contributed by atoms with Gasteiger partial charge in [-0.1, -0.05) is 47.5 Å². The molecule has 144 valence electrons. The van der Waals surface area contributed by atoms with Crippen molar-refractivity contribution >= 4 is 63.2 Å². The number of fused-ring (bicyclic) bond motifs is 1. The monoisotopic (exact) mass is 440 g/mol. The highest BCUT2D eigenvalue weighted by atomic mass is 35.5. The minimum absolute atomic E-state index is 0.155. The van der Waals surface area contributed by atoms with Gasteiger partial charge in [0, 0.05) is 16.3 Å². The maximum Gasteiger partial charge on any atom is 0.258 e. The first-order valence-electron chi connectivity index (χ1n) is 8.62. The van der Waals surface area contributed by atoms with Crippen LogP contribution in [0.25, 0.3) is 22.4 Å². The lowest BCUT2D eigenvalue weighted by molar-refractivity contribution is 0.0978. The van der Waals surface area contributed by atoms with Gasteiger partial charge in [-0.3, -0.25) is 10.1 Å².